The summed E-state index contributed by atoms with van der Waals surface area (Å²) < 4.78 is 40.7. The van der Waals surface area contributed by atoms with Gasteiger partial charge in [0.05, 0.1) is 27.6 Å². The number of aromatic nitrogens is 2. The van der Waals surface area contributed by atoms with Gasteiger partial charge in [-0.15, -0.1) is 0 Å². The van der Waals surface area contributed by atoms with Crippen LogP contribution >= 0.6 is 34.8 Å². The number of sulfonamides is 1. The number of rotatable bonds is 4. The minimum absolute atomic E-state index is 0.00408. The van der Waals surface area contributed by atoms with E-state index < -0.39 is 27.3 Å². The number of halogens is 4. The molecule has 2 aromatic heterocycles. The molecule has 0 unspecified atom stereocenters. The Balaban J connectivity index is 1.92. The van der Waals surface area contributed by atoms with Gasteiger partial charge in [-0.05, 0) is 18.2 Å². The summed E-state index contributed by atoms with van der Waals surface area (Å²) in [5.74, 6) is -2.09. The van der Waals surface area contributed by atoms with Crippen molar-refractivity contribution in [3.05, 3.63) is 81.3 Å². The quantitative estimate of drug-likeness (QED) is 0.392. The molecule has 6 nitrogen and oxygen atoms in total. The van der Waals surface area contributed by atoms with Gasteiger partial charge in [-0.25, -0.2) is 22.5 Å². The molecule has 0 bridgehead atoms. The van der Waals surface area contributed by atoms with Gasteiger partial charge in [0.2, 0.25) is 10.0 Å². The highest BCUT2D eigenvalue weighted by atomic mass is 35.5. The number of hydrogen-bond acceptors (Lipinski definition) is 4. The first-order valence-electron chi connectivity index (χ1n) is 8.98. The first kappa shape index (κ1) is 22.5. The number of benzene rings is 2. The van der Waals surface area contributed by atoms with Gasteiger partial charge in [-0.1, -0.05) is 53.0 Å². The molecule has 0 aliphatic heterocycles. The molecule has 2 heterocycles. The lowest BCUT2D eigenvalue weighted by Gasteiger charge is -2.11. The second-order valence-electron chi connectivity index (χ2n) is 6.90. The monoisotopic (exact) mass is 511 g/mol. The van der Waals surface area contributed by atoms with E-state index in [0.29, 0.717) is 32.2 Å². The average Bonchev–Trinajstić information content (AvgIpc) is 3.06. The molecule has 2 aromatic carbocycles. The summed E-state index contributed by atoms with van der Waals surface area (Å²) in [6, 6.07) is 11.0. The molecule has 0 aliphatic carbocycles. The Hall–Kier alpha value is -2.65. The zero-order valence-electron chi connectivity index (χ0n) is 16.2. The minimum Gasteiger partial charge on any atom is -0.299 e. The molecule has 0 radical (unpaired) electrons. The van der Waals surface area contributed by atoms with Crippen molar-refractivity contribution in [2.75, 3.05) is 6.26 Å². The van der Waals surface area contributed by atoms with Gasteiger partial charge in [-0.2, -0.15) is 0 Å². The van der Waals surface area contributed by atoms with E-state index in [9.17, 15) is 17.6 Å². The molecule has 0 fully saturated rings. The normalized spacial score (nSPS) is 11.7. The van der Waals surface area contributed by atoms with E-state index in [1.54, 1.807) is 33.7 Å². The fourth-order valence-electron chi connectivity index (χ4n) is 3.28. The summed E-state index contributed by atoms with van der Waals surface area (Å²) in [5, 5.41) is 1.55. The predicted molar refractivity (Wildman–Crippen MR) is 124 cm³/mol. The maximum Gasteiger partial charge on any atom is 0.267 e. The van der Waals surface area contributed by atoms with E-state index in [0.717, 1.165) is 18.4 Å². The van der Waals surface area contributed by atoms with Gasteiger partial charge in [0.15, 0.2) is 0 Å². The van der Waals surface area contributed by atoms with Crippen molar-refractivity contribution in [1.29, 1.82) is 0 Å². The van der Waals surface area contributed by atoms with Crippen LogP contribution in [0.5, 0.6) is 0 Å². The van der Waals surface area contributed by atoms with Crippen molar-refractivity contribution in [2.24, 2.45) is 0 Å². The molecule has 11 heteroatoms. The number of nitrogens with zero attached hydrogens (tertiary/aromatic N) is 2. The van der Waals surface area contributed by atoms with Crippen molar-refractivity contribution < 1.29 is 17.6 Å². The van der Waals surface area contributed by atoms with Gasteiger partial charge < -0.3 is 0 Å². The van der Waals surface area contributed by atoms with E-state index in [-0.39, 0.29) is 10.7 Å². The Bertz CT molecular complexity index is 1500. The summed E-state index contributed by atoms with van der Waals surface area (Å²) in [5.41, 5.74) is 1.51. The van der Waals surface area contributed by atoms with Crippen LogP contribution in [-0.4, -0.2) is 30.1 Å². The largest absolute Gasteiger partial charge is 0.299 e. The van der Waals surface area contributed by atoms with Crippen molar-refractivity contribution in [2.45, 2.75) is 0 Å². The Morgan fingerprint density at radius 2 is 1.78 bits per heavy atom. The van der Waals surface area contributed by atoms with Crippen LogP contribution in [0, 0.1) is 5.82 Å². The zero-order chi connectivity index (χ0) is 23.2. The Kier molecular flexibility index (Phi) is 5.89. The average molecular weight is 513 g/mol. The molecule has 4 rings (SSSR count). The molecule has 164 valence electrons. The molecule has 1 N–H and O–H groups in total. The fourth-order valence-corrected chi connectivity index (χ4v) is 4.38. The van der Waals surface area contributed by atoms with Crippen LogP contribution in [0.25, 0.3) is 27.8 Å². The van der Waals surface area contributed by atoms with Crippen LogP contribution in [0.4, 0.5) is 4.39 Å². The zero-order valence-corrected chi connectivity index (χ0v) is 19.3. The number of carbonyl (C=O) groups is 1. The molecule has 0 atom stereocenters. The number of nitrogens with one attached hydrogen (secondary N) is 1. The first-order valence-corrected chi connectivity index (χ1v) is 12.0. The summed E-state index contributed by atoms with van der Waals surface area (Å²) >= 11 is 18.9. The molecule has 1 amide bonds. The predicted octanol–water partition coefficient (Wildman–Crippen LogP) is 5.48. The summed E-state index contributed by atoms with van der Waals surface area (Å²) in [4.78, 5) is 16.5. The molecule has 0 saturated heterocycles. The highest BCUT2D eigenvalue weighted by Crippen LogP contribution is 2.38. The molecule has 0 saturated carbocycles. The van der Waals surface area contributed by atoms with Crippen molar-refractivity contribution in [3.8, 4) is 16.8 Å². The third-order valence-corrected chi connectivity index (χ3v) is 5.99. The van der Waals surface area contributed by atoms with Crippen LogP contribution in [-0.2, 0) is 10.0 Å². The summed E-state index contributed by atoms with van der Waals surface area (Å²) in [6.45, 7) is 0. The highest BCUT2D eigenvalue weighted by molar-refractivity contribution is 7.89. The van der Waals surface area contributed by atoms with E-state index in [4.69, 9.17) is 34.8 Å². The second-order valence-corrected chi connectivity index (χ2v) is 9.90. The highest BCUT2D eigenvalue weighted by Gasteiger charge is 2.21. The standard InChI is InChI=1S/C21H13Cl3FN3O3S/c1-32(30,31)27-21(29)14-7-17(24)19(8-18(14)25)28-10-15(12-4-2-3-5-16(12)23)13-6-11(22)9-26-20(13)28/h2-10H,1H3,(H,27,29). The number of carbonyl (C=O) groups excluding carboxylic acids is 1. The third kappa shape index (κ3) is 4.31. The molecule has 4 aromatic rings. The first-order chi connectivity index (χ1) is 15.0. The molecule has 32 heavy (non-hydrogen) atoms. The van der Waals surface area contributed by atoms with E-state index in [1.165, 1.54) is 6.20 Å². The third-order valence-electron chi connectivity index (χ3n) is 4.59. The molecular formula is C21H13Cl3FN3O3S. The number of hydrogen-bond donors (Lipinski definition) is 1. The Labute approximate surface area is 197 Å². The topological polar surface area (TPSA) is 81.1 Å². The van der Waals surface area contributed by atoms with Gasteiger partial charge in [-0.3, -0.25) is 9.36 Å². The van der Waals surface area contributed by atoms with Crippen LogP contribution in [0.15, 0.2) is 54.9 Å². The fraction of sp³-hybridized carbons (Fsp3) is 0.0476. The van der Waals surface area contributed by atoms with E-state index in [1.807, 2.05) is 12.1 Å². The van der Waals surface area contributed by atoms with Gasteiger partial charge in [0.1, 0.15) is 11.5 Å². The Morgan fingerprint density at radius 3 is 2.47 bits per heavy atom. The lowest BCUT2D eigenvalue weighted by Crippen LogP contribution is -2.30. The SMILES string of the molecule is CS(=O)(=O)NC(=O)c1cc(Cl)c(-n2cc(-c3ccccc3Cl)c3cc(Cl)cnc32)cc1F. The second kappa shape index (κ2) is 8.37. The molecular weight excluding hydrogens is 500 g/mol. The number of amides is 1. The summed E-state index contributed by atoms with van der Waals surface area (Å²) in [7, 11) is -3.88. The van der Waals surface area contributed by atoms with Gasteiger partial charge >= 0.3 is 0 Å². The number of pyridine rings is 1. The van der Waals surface area contributed by atoms with E-state index in [2.05, 4.69) is 4.98 Å². The van der Waals surface area contributed by atoms with Crippen LogP contribution in [0.3, 0.4) is 0 Å². The van der Waals surface area contributed by atoms with Crippen LogP contribution in [0.2, 0.25) is 15.1 Å². The number of fused-ring (bicyclic) bond motifs is 1. The summed E-state index contributed by atoms with van der Waals surface area (Å²) in [6.07, 6.45) is 3.92. The molecule has 0 spiro atoms. The van der Waals surface area contributed by atoms with E-state index >= 15 is 0 Å². The lowest BCUT2D eigenvalue weighted by molar-refractivity contribution is 0.0978. The van der Waals surface area contributed by atoms with Crippen LogP contribution < -0.4 is 4.72 Å². The van der Waals surface area contributed by atoms with Crippen molar-refractivity contribution in [1.82, 2.24) is 14.3 Å². The smallest absolute Gasteiger partial charge is 0.267 e. The van der Waals surface area contributed by atoms with Crippen LogP contribution in [0.1, 0.15) is 10.4 Å². The minimum atomic E-state index is -3.88. The molecule has 0 aliphatic rings. The lowest BCUT2D eigenvalue weighted by atomic mass is 10.1. The van der Waals surface area contributed by atoms with Gasteiger partial charge in [0.25, 0.3) is 5.91 Å². The maximum atomic E-state index is 14.8. The van der Waals surface area contributed by atoms with Gasteiger partial charge in [0, 0.05) is 40.0 Å². The van der Waals surface area contributed by atoms with Crippen molar-refractivity contribution in [3.63, 3.8) is 0 Å². The maximum absolute atomic E-state index is 14.8. The Morgan fingerprint density at radius 1 is 1.06 bits per heavy atom. The van der Waals surface area contributed by atoms with Crippen molar-refractivity contribution >= 4 is 61.8 Å².